The number of morpholine rings is 1. The molecule has 2 aliphatic rings. The highest BCUT2D eigenvalue weighted by molar-refractivity contribution is 5.78. The second-order valence-corrected chi connectivity index (χ2v) is 8.50. The van der Waals surface area contributed by atoms with Gasteiger partial charge in [0.2, 0.25) is 6.29 Å². The number of amides is 1. The number of nitrogens with two attached hydrogens (primary N) is 1. The van der Waals surface area contributed by atoms with Gasteiger partial charge in [-0.3, -0.25) is 4.79 Å². The van der Waals surface area contributed by atoms with E-state index in [9.17, 15) is 9.59 Å². The van der Waals surface area contributed by atoms with Crippen molar-refractivity contribution in [1.29, 1.82) is 0 Å². The summed E-state index contributed by atoms with van der Waals surface area (Å²) in [4.78, 5) is 24.7. The monoisotopic (exact) mass is 408 g/mol. The maximum atomic E-state index is 11.4. The Balaban J connectivity index is 1.73. The van der Waals surface area contributed by atoms with E-state index in [0.717, 1.165) is 42.0 Å². The lowest BCUT2D eigenvalue weighted by atomic mass is 9.72. The van der Waals surface area contributed by atoms with Gasteiger partial charge in [0.15, 0.2) is 0 Å². The lowest BCUT2D eigenvalue weighted by Crippen LogP contribution is -2.37. The standard InChI is InChI=1S/C23H26N3O4/c1-23(2)13-17-9-15(14-27)3-4-20(17)25-21(23)16-10-18(26-5-7-29-8-6-26)12-19(11-16)30-22(24)28/h3-4,9-12,21,25H,5-8,13H2,1-2H3,(H2,24,28). The van der Waals surface area contributed by atoms with Crippen LogP contribution in [-0.4, -0.2) is 38.7 Å². The molecule has 7 nitrogen and oxygen atoms in total. The van der Waals surface area contributed by atoms with Crippen molar-refractivity contribution < 1.29 is 19.1 Å². The van der Waals surface area contributed by atoms with Crippen LogP contribution in [0.25, 0.3) is 0 Å². The van der Waals surface area contributed by atoms with E-state index in [-0.39, 0.29) is 11.5 Å². The van der Waals surface area contributed by atoms with Crippen molar-refractivity contribution in [3.8, 4) is 5.75 Å². The fourth-order valence-corrected chi connectivity index (χ4v) is 4.37. The van der Waals surface area contributed by atoms with Crippen LogP contribution in [0.5, 0.6) is 5.75 Å². The van der Waals surface area contributed by atoms with Gasteiger partial charge in [-0.2, -0.15) is 0 Å². The summed E-state index contributed by atoms with van der Waals surface area (Å²) in [5.41, 5.74) is 9.76. The molecule has 2 aliphatic heterocycles. The molecule has 2 aromatic rings. The summed E-state index contributed by atoms with van der Waals surface area (Å²) in [5, 5.41) is 3.62. The molecule has 0 bridgehead atoms. The summed E-state index contributed by atoms with van der Waals surface area (Å²) < 4.78 is 10.7. The van der Waals surface area contributed by atoms with E-state index < -0.39 is 6.09 Å². The molecule has 0 aromatic heterocycles. The van der Waals surface area contributed by atoms with E-state index >= 15 is 0 Å². The molecule has 157 valence electrons. The zero-order valence-corrected chi connectivity index (χ0v) is 17.2. The quantitative estimate of drug-likeness (QED) is 0.807. The molecule has 7 heteroatoms. The van der Waals surface area contributed by atoms with Gasteiger partial charge in [-0.1, -0.05) is 13.8 Å². The third-order valence-electron chi connectivity index (χ3n) is 5.79. The van der Waals surface area contributed by atoms with Crippen molar-refractivity contribution >= 4 is 23.8 Å². The number of hydrogen-bond acceptors (Lipinski definition) is 6. The van der Waals surface area contributed by atoms with Crippen LogP contribution >= 0.6 is 0 Å². The van der Waals surface area contributed by atoms with Crippen LogP contribution in [0.4, 0.5) is 16.2 Å². The van der Waals surface area contributed by atoms with Gasteiger partial charge in [0.05, 0.1) is 19.3 Å². The molecule has 1 atom stereocenters. The minimum atomic E-state index is -0.834. The topological polar surface area (TPSA) is 93.9 Å². The summed E-state index contributed by atoms with van der Waals surface area (Å²) in [7, 11) is 0. The summed E-state index contributed by atoms with van der Waals surface area (Å²) in [6.07, 6.45) is 1.92. The third-order valence-corrected chi connectivity index (χ3v) is 5.79. The Morgan fingerprint density at radius 1 is 1.23 bits per heavy atom. The minimum absolute atomic E-state index is 0.0210. The Morgan fingerprint density at radius 2 is 2.00 bits per heavy atom. The number of ether oxygens (including phenoxy) is 2. The molecule has 1 amide bonds. The van der Waals surface area contributed by atoms with E-state index in [4.69, 9.17) is 15.2 Å². The maximum absolute atomic E-state index is 11.4. The highest BCUT2D eigenvalue weighted by Crippen LogP contribution is 2.46. The van der Waals surface area contributed by atoms with Crippen molar-refractivity contribution in [3.63, 3.8) is 0 Å². The van der Waals surface area contributed by atoms with Gasteiger partial charge in [0.1, 0.15) is 5.75 Å². The van der Waals surface area contributed by atoms with Gasteiger partial charge in [0, 0.05) is 36.1 Å². The van der Waals surface area contributed by atoms with Gasteiger partial charge in [-0.25, -0.2) is 4.79 Å². The van der Waals surface area contributed by atoms with Gasteiger partial charge < -0.3 is 25.4 Å². The predicted molar refractivity (Wildman–Crippen MR) is 115 cm³/mol. The SMILES string of the molecule is CC1(C)Cc2cc([C]=O)ccc2NC1c1cc(OC(N)=O)cc(N2CCOCC2)c1. The highest BCUT2D eigenvalue weighted by atomic mass is 16.5. The normalized spacial score (nSPS) is 20.1. The van der Waals surface area contributed by atoms with Crippen molar-refractivity contribution in [2.45, 2.75) is 26.3 Å². The largest absolute Gasteiger partial charge is 0.410 e. The van der Waals surface area contributed by atoms with Crippen LogP contribution in [0.2, 0.25) is 0 Å². The number of nitrogens with zero attached hydrogens (tertiary/aromatic N) is 1. The highest BCUT2D eigenvalue weighted by Gasteiger charge is 2.36. The number of nitrogens with one attached hydrogen (secondary N) is 1. The number of carbonyl (C=O) groups is 1. The minimum Gasteiger partial charge on any atom is -0.410 e. The number of rotatable bonds is 4. The number of hydrogen-bond donors (Lipinski definition) is 2. The summed E-state index contributed by atoms with van der Waals surface area (Å²) in [6.45, 7) is 7.23. The number of carbonyl (C=O) groups excluding carboxylic acids is 2. The molecule has 0 saturated carbocycles. The molecule has 30 heavy (non-hydrogen) atoms. The van der Waals surface area contributed by atoms with Crippen LogP contribution in [0.1, 0.15) is 36.6 Å². The van der Waals surface area contributed by atoms with Crippen LogP contribution < -0.4 is 20.7 Å². The predicted octanol–water partition coefficient (Wildman–Crippen LogP) is 3.17. The molecular formula is C23H26N3O4. The first-order chi connectivity index (χ1) is 14.4. The fraction of sp³-hybridized carbons (Fsp3) is 0.391. The van der Waals surface area contributed by atoms with E-state index in [0.29, 0.717) is 24.5 Å². The molecule has 1 radical (unpaired) electrons. The van der Waals surface area contributed by atoms with E-state index in [1.165, 1.54) is 0 Å². The molecule has 1 unspecified atom stereocenters. The van der Waals surface area contributed by atoms with Gasteiger partial charge in [-0.05, 0) is 53.3 Å². The first kappa shape index (κ1) is 20.2. The van der Waals surface area contributed by atoms with E-state index in [1.807, 2.05) is 30.6 Å². The summed E-state index contributed by atoms with van der Waals surface area (Å²) in [5.74, 6) is 0.427. The average Bonchev–Trinajstić information content (AvgIpc) is 2.72. The lowest BCUT2D eigenvalue weighted by Gasteiger charge is -2.42. The molecule has 1 saturated heterocycles. The number of benzene rings is 2. The van der Waals surface area contributed by atoms with Crippen molar-refractivity contribution in [3.05, 3.63) is 53.1 Å². The van der Waals surface area contributed by atoms with E-state index in [2.05, 4.69) is 30.1 Å². The van der Waals surface area contributed by atoms with Gasteiger partial charge in [0.25, 0.3) is 0 Å². The zero-order valence-electron chi connectivity index (χ0n) is 17.2. The molecule has 3 N–H and O–H groups in total. The third kappa shape index (κ3) is 4.11. The summed E-state index contributed by atoms with van der Waals surface area (Å²) in [6, 6.07) is 11.4. The molecule has 2 aromatic carbocycles. The molecule has 4 rings (SSSR count). The second-order valence-electron chi connectivity index (χ2n) is 8.50. The first-order valence-corrected chi connectivity index (χ1v) is 10.1. The van der Waals surface area contributed by atoms with Gasteiger partial charge >= 0.3 is 6.09 Å². The van der Waals surface area contributed by atoms with Crippen LogP contribution in [0.3, 0.4) is 0 Å². The molecule has 0 aliphatic carbocycles. The Labute approximate surface area is 176 Å². The number of anilines is 2. The fourth-order valence-electron chi connectivity index (χ4n) is 4.37. The van der Waals surface area contributed by atoms with E-state index in [1.54, 1.807) is 6.07 Å². The smallest absolute Gasteiger partial charge is 0.409 e. The average molecular weight is 408 g/mol. The van der Waals surface area contributed by atoms with Crippen LogP contribution in [0.15, 0.2) is 36.4 Å². The zero-order chi connectivity index (χ0) is 21.3. The number of fused-ring (bicyclic) bond motifs is 1. The van der Waals surface area contributed by atoms with Crippen molar-refractivity contribution in [2.75, 3.05) is 36.5 Å². The number of primary amides is 1. The van der Waals surface area contributed by atoms with Crippen LogP contribution in [0, 0.1) is 5.41 Å². The lowest BCUT2D eigenvalue weighted by molar-refractivity contribution is 0.122. The van der Waals surface area contributed by atoms with Crippen molar-refractivity contribution in [1.82, 2.24) is 0 Å². The van der Waals surface area contributed by atoms with Crippen LogP contribution in [-0.2, 0) is 16.0 Å². The molecule has 1 fully saturated rings. The second kappa shape index (κ2) is 7.99. The first-order valence-electron chi connectivity index (χ1n) is 10.1. The molecule has 0 spiro atoms. The van der Waals surface area contributed by atoms with Gasteiger partial charge in [-0.15, -0.1) is 0 Å². The molecular weight excluding hydrogens is 382 g/mol. The molecule has 2 heterocycles. The Bertz CT molecular complexity index is 967. The summed E-state index contributed by atoms with van der Waals surface area (Å²) >= 11 is 0. The Morgan fingerprint density at radius 3 is 2.70 bits per heavy atom. The Hall–Kier alpha value is -3.06. The van der Waals surface area contributed by atoms with Crippen molar-refractivity contribution in [2.24, 2.45) is 11.1 Å². The maximum Gasteiger partial charge on any atom is 0.409 e. The Kier molecular flexibility index (Phi) is 5.39.